The van der Waals surface area contributed by atoms with Crippen LogP contribution in [0.2, 0.25) is 0 Å². The molecule has 3 aromatic rings. The Balaban J connectivity index is 1.72. The van der Waals surface area contributed by atoms with Gasteiger partial charge in [0.25, 0.3) is 5.91 Å². The predicted octanol–water partition coefficient (Wildman–Crippen LogP) is 3.45. The molecule has 3 amide bonds. The lowest BCUT2D eigenvalue weighted by Crippen LogP contribution is -2.45. The number of hydrogen-bond acceptors (Lipinski definition) is 3. The lowest BCUT2D eigenvalue weighted by Gasteiger charge is -2.18. The van der Waals surface area contributed by atoms with E-state index in [-0.39, 0.29) is 12.3 Å². The third-order valence-corrected chi connectivity index (χ3v) is 4.15. The van der Waals surface area contributed by atoms with E-state index in [0.29, 0.717) is 16.9 Å². The molecule has 0 aliphatic carbocycles. The van der Waals surface area contributed by atoms with Gasteiger partial charge >= 0.3 is 0 Å². The summed E-state index contributed by atoms with van der Waals surface area (Å²) in [5.41, 5.74) is 1.61. The number of para-hydroxylation sites is 2. The molecule has 0 fully saturated rings. The standard InChI is InChI=1S/C23H21N3O3/c27-21(24-18-12-6-2-7-13-18)16-20(23(29)25-19-14-8-3-9-15-19)26-22(28)17-10-4-1-5-11-17/h1-15,20H,16H2,(H,24,27)(H,25,29)(H,26,28)/t20-/m0/s1. The average molecular weight is 387 g/mol. The van der Waals surface area contributed by atoms with Crippen LogP contribution in [0.5, 0.6) is 0 Å². The van der Waals surface area contributed by atoms with Crippen LogP contribution in [0.1, 0.15) is 16.8 Å². The van der Waals surface area contributed by atoms with Gasteiger partial charge in [-0.25, -0.2) is 0 Å². The van der Waals surface area contributed by atoms with Crippen molar-refractivity contribution in [2.75, 3.05) is 10.6 Å². The predicted molar refractivity (Wildman–Crippen MR) is 112 cm³/mol. The summed E-state index contributed by atoms with van der Waals surface area (Å²) in [7, 11) is 0. The van der Waals surface area contributed by atoms with Gasteiger partial charge < -0.3 is 16.0 Å². The normalized spacial score (nSPS) is 11.2. The zero-order valence-electron chi connectivity index (χ0n) is 15.7. The van der Waals surface area contributed by atoms with Crippen LogP contribution in [0.4, 0.5) is 11.4 Å². The van der Waals surface area contributed by atoms with Crippen LogP contribution in [0.15, 0.2) is 91.0 Å². The van der Waals surface area contributed by atoms with Crippen molar-refractivity contribution in [3.63, 3.8) is 0 Å². The minimum Gasteiger partial charge on any atom is -0.340 e. The Morgan fingerprint density at radius 3 is 1.69 bits per heavy atom. The summed E-state index contributed by atoms with van der Waals surface area (Å²) in [6.07, 6.45) is -0.202. The fourth-order valence-corrected chi connectivity index (χ4v) is 2.71. The molecule has 3 N–H and O–H groups in total. The summed E-state index contributed by atoms with van der Waals surface area (Å²) >= 11 is 0. The molecule has 6 heteroatoms. The number of anilines is 2. The summed E-state index contributed by atoms with van der Waals surface area (Å²) in [4.78, 5) is 37.7. The van der Waals surface area contributed by atoms with Gasteiger partial charge in [0.05, 0.1) is 6.42 Å². The highest BCUT2D eigenvalue weighted by Gasteiger charge is 2.24. The molecule has 0 aliphatic heterocycles. The van der Waals surface area contributed by atoms with E-state index < -0.39 is 17.9 Å². The van der Waals surface area contributed by atoms with Crippen molar-refractivity contribution in [1.29, 1.82) is 0 Å². The first-order valence-corrected chi connectivity index (χ1v) is 9.18. The maximum absolute atomic E-state index is 12.8. The molecule has 3 aromatic carbocycles. The number of rotatable bonds is 7. The molecule has 0 spiro atoms. The van der Waals surface area contributed by atoms with Gasteiger partial charge in [0.2, 0.25) is 11.8 Å². The van der Waals surface area contributed by atoms with Crippen LogP contribution in [0.3, 0.4) is 0 Å². The van der Waals surface area contributed by atoms with Gasteiger partial charge in [0, 0.05) is 16.9 Å². The van der Waals surface area contributed by atoms with E-state index in [9.17, 15) is 14.4 Å². The zero-order chi connectivity index (χ0) is 20.5. The second kappa shape index (κ2) is 9.85. The smallest absolute Gasteiger partial charge is 0.251 e. The monoisotopic (exact) mass is 387 g/mol. The first-order valence-electron chi connectivity index (χ1n) is 9.18. The molecule has 1 atom stereocenters. The molecule has 0 saturated heterocycles. The van der Waals surface area contributed by atoms with Crippen LogP contribution in [-0.4, -0.2) is 23.8 Å². The van der Waals surface area contributed by atoms with E-state index in [0.717, 1.165) is 0 Å². The largest absolute Gasteiger partial charge is 0.340 e. The van der Waals surface area contributed by atoms with E-state index in [1.54, 1.807) is 78.9 Å². The fourth-order valence-electron chi connectivity index (χ4n) is 2.71. The summed E-state index contributed by atoms with van der Waals surface area (Å²) in [5.74, 6) is -1.27. The topological polar surface area (TPSA) is 87.3 Å². The molecule has 0 unspecified atom stereocenters. The van der Waals surface area contributed by atoms with Gasteiger partial charge in [-0.2, -0.15) is 0 Å². The van der Waals surface area contributed by atoms with Gasteiger partial charge in [-0.05, 0) is 36.4 Å². The van der Waals surface area contributed by atoms with Crippen LogP contribution >= 0.6 is 0 Å². The van der Waals surface area contributed by atoms with E-state index >= 15 is 0 Å². The van der Waals surface area contributed by atoms with Crippen LogP contribution in [0, 0.1) is 0 Å². The third-order valence-electron chi connectivity index (χ3n) is 4.15. The molecular formula is C23H21N3O3. The number of nitrogens with one attached hydrogen (secondary N) is 3. The van der Waals surface area contributed by atoms with Crippen LogP contribution in [0.25, 0.3) is 0 Å². The number of amides is 3. The Hall–Kier alpha value is -3.93. The zero-order valence-corrected chi connectivity index (χ0v) is 15.7. The van der Waals surface area contributed by atoms with Gasteiger partial charge in [-0.3, -0.25) is 14.4 Å². The number of carbonyl (C=O) groups is 3. The van der Waals surface area contributed by atoms with Crippen molar-refractivity contribution in [3.05, 3.63) is 96.6 Å². The van der Waals surface area contributed by atoms with Crippen molar-refractivity contribution < 1.29 is 14.4 Å². The average Bonchev–Trinajstić information content (AvgIpc) is 2.75. The molecule has 0 saturated carbocycles. The maximum atomic E-state index is 12.8. The molecule has 3 rings (SSSR count). The Morgan fingerprint density at radius 2 is 1.14 bits per heavy atom. The first kappa shape index (κ1) is 19.8. The molecule has 0 heterocycles. The van der Waals surface area contributed by atoms with E-state index in [2.05, 4.69) is 16.0 Å². The Morgan fingerprint density at radius 1 is 0.655 bits per heavy atom. The van der Waals surface area contributed by atoms with Crippen LogP contribution in [-0.2, 0) is 9.59 Å². The summed E-state index contributed by atoms with van der Waals surface area (Å²) < 4.78 is 0. The first-order chi connectivity index (χ1) is 14.1. The van der Waals surface area contributed by atoms with Crippen molar-refractivity contribution in [1.82, 2.24) is 5.32 Å². The SMILES string of the molecule is O=C(C[C@H](NC(=O)c1ccccc1)C(=O)Nc1ccccc1)Nc1ccccc1. The van der Waals surface area contributed by atoms with Gasteiger partial charge in [-0.1, -0.05) is 54.6 Å². The van der Waals surface area contributed by atoms with E-state index in [4.69, 9.17) is 0 Å². The van der Waals surface area contributed by atoms with Gasteiger partial charge in [-0.15, -0.1) is 0 Å². The molecule has 0 radical (unpaired) electrons. The third kappa shape index (κ3) is 6.04. The molecule has 146 valence electrons. The number of benzene rings is 3. The van der Waals surface area contributed by atoms with E-state index in [1.165, 1.54) is 0 Å². The Bertz CT molecular complexity index is 960. The molecular weight excluding hydrogens is 366 g/mol. The Kier molecular flexibility index (Phi) is 6.73. The summed E-state index contributed by atoms with van der Waals surface area (Å²) in [6.45, 7) is 0. The molecule has 0 bridgehead atoms. The van der Waals surface area contributed by atoms with Crippen LogP contribution < -0.4 is 16.0 Å². The number of hydrogen-bond donors (Lipinski definition) is 3. The number of carbonyl (C=O) groups excluding carboxylic acids is 3. The van der Waals surface area contributed by atoms with Gasteiger partial charge in [0.1, 0.15) is 6.04 Å². The van der Waals surface area contributed by atoms with Crippen molar-refractivity contribution in [2.24, 2.45) is 0 Å². The van der Waals surface area contributed by atoms with Gasteiger partial charge in [0.15, 0.2) is 0 Å². The highest BCUT2D eigenvalue weighted by Crippen LogP contribution is 2.10. The lowest BCUT2D eigenvalue weighted by molar-refractivity contribution is -0.122. The fraction of sp³-hybridized carbons (Fsp3) is 0.0870. The highest BCUT2D eigenvalue weighted by atomic mass is 16.2. The highest BCUT2D eigenvalue weighted by molar-refractivity contribution is 6.04. The maximum Gasteiger partial charge on any atom is 0.251 e. The molecule has 6 nitrogen and oxygen atoms in total. The lowest BCUT2D eigenvalue weighted by atomic mass is 10.1. The minimum absolute atomic E-state index is 0.202. The second-order valence-electron chi connectivity index (χ2n) is 6.37. The quantitative estimate of drug-likeness (QED) is 0.580. The van der Waals surface area contributed by atoms with Crippen molar-refractivity contribution >= 4 is 29.1 Å². The van der Waals surface area contributed by atoms with Crippen molar-refractivity contribution in [3.8, 4) is 0 Å². The second-order valence-corrected chi connectivity index (χ2v) is 6.37. The summed E-state index contributed by atoms with van der Waals surface area (Å²) in [5, 5.41) is 8.13. The Labute approximate surface area is 169 Å². The van der Waals surface area contributed by atoms with E-state index in [1.807, 2.05) is 12.1 Å². The molecule has 0 aliphatic rings. The molecule has 29 heavy (non-hydrogen) atoms. The summed E-state index contributed by atoms with van der Waals surface area (Å²) in [6, 6.07) is 25.3. The molecule has 0 aromatic heterocycles. The minimum atomic E-state index is -1.04. The van der Waals surface area contributed by atoms with Crippen molar-refractivity contribution in [2.45, 2.75) is 12.5 Å².